The molecule has 0 radical (unpaired) electrons. The molecule has 0 fully saturated rings. The Labute approximate surface area is 172 Å². The van der Waals surface area contributed by atoms with E-state index in [-0.39, 0.29) is 11.5 Å². The minimum Gasteiger partial charge on any atom is -0.452 e. The van der Waals surface area contributed by atoms with Crippen LogP contribution in [-0.2, 0) is 14.3 Å². The van der Waals surface area contributed by atoms with Crippen LogP contribution >= 0.6 is 23.4 Å². The van der Waals surface area contributed by atoms with Crippen LogP contribution in [0.25, 0.3) is 0 Å². The summed E-state index contributed by atoms with van der Waals surface area (Å²) < 4.78 is 5.10. The van der Waals surface area contributed by atoms with Gasteiger partial charge in [-0.25, -0.2) is 4.79 Å². The van der Waals surface area contributed by atoms with Gasteiger partial charge < -0.3 is 15.4 Å². The predicted molar refractivity (Wildman–Crippen MR) is 110 cm³/mol. The summed E-state index contributed by atoms with van der Waals surface area (Å²) in [6.07, 6.45) is 0.417. The van der Waals surface area contributed by atoms with E-state index in [1.807, 2.05) is 19.9 Å². The van der Waals surface area contributed by atoms with Crippen LogP contribution in [0.1, 0.15) is 27.9 Å². The Morgan fingerprint density at radius 1 is 1.25 bits per heavy atom. The molecule has 0 saturated heterocycles. The fourth-order valence-electron chi connectivity index (χ4n) is 2.81. The number of fused-ring (bicyclic) bond motifs is 1. The van der Waals surface area contributed by atoms with Crippen molar-refractivity contribution in [1.29, 1.82) is 0 Å². The number of aryl methyl sites for hydroxylation is 2. The molecule has 0 spiro atoms. The lowest BCUT2D eigenvalue weighted by atomic mass is 10.1. The smallest absolute Gasteiger partial charge is 0.338 e. The lowest BCUT2D eigenvalue weighted by molar-refractivity contribution is -0.119. The highest BCUT2D eigenvalue weighted by atomic mass is 35.5. The van der Waals surface area contributed by atoms with Crippen molar-refractivity contribution < 1.29 is 19.1 Å². The first-order valence-corrected chi connectivity index (χ1v) is 10.0. The van der Waals surface area contributed by atoms with Gasteiger partial charge in [0.05, 0.1) is 22.0 Å². The molecule has 146 valence electrons. The van der Waals surface area contributed by atoms with Crippen molar-refractivity contribution in [3.8, 4) is 0 Å². The van der Waals surface area contributed by atoms with Gasteiger partial charge in [0.25, 0.3) is 5.91 Å². The van der Waals surface area contributed by atoms with Crippen LogP contribution in [-0.4, -0.2) is 30.1 Å². The quantitative estimate of drug-likeness (QED) is 0.727. The molecule has 2 amide bonds. The zero-order valence-corrected chi connectivity index (χ0v) is 17.0. The van der Waals surface area contributed by atoms with Gasteiger partial charge in [0, 0.05) is 17.1 Å². The second-order valence-electron chi connectivity index (χ2n) is 6.42. The Morgan fingerprint density at radius 3 is 2.79 bits per heavy atom. The molecule has 2 N–H and O–H groups in total. The Balaban J connectivity index is 1.63. The third kappa shape index (κ3) is 4.85. The monoisotopic (exact) mass is 418 g/mol. The van der Waals surface area contributed by atoms with E-state index in [4.69, 9.17) is 16.3 Å². The van der Waals surface area contributed by atoms with Crippen LogP contribution in [0.5, 0.6) is 0 Å². The Kier molecular flexibility index (Phi) is 6.26. The molecule has 2 aromatic carbocycles. The lowest BCUT2D eigenvalue weighted by Gasteiger charge is -2.12. The molecule has 1 heterocycles. The molecule has 2 aromatic rings. The zero-order chi connectivity index (χ0) is 20.3. The maximum absolute atomic E-state index is 12.3. The van der Waals surface area contributed by atoms with E-state index in [2.05, 4.69) is 10.6 Å². The molecule has 3 rings (SSSR count). The van der Waals surface area contributed by atoms with Gasteiger partial charge in [0.1, 0.15) is 0 Å². The third-order valence-corrected chi connectivity index (χ3v) is 5.48. The Bertz CT molecular complexity index is 938. The minimum atomic E-state index is -0.645. The maximum atomic E-state index is 12.3. The predicted octanol–water partition coefficient (Wildman–Crippen LogP) is 4.19. The van der Waals surface area contributed by atoms with Crippen LogP contribution in [0.2, 0.25) is 5.02 Å². The summed E-state index contributed by atoms with van der Waals surface area (Å²) in [6.45, 7) is 3.30. The molecule has 0 aliphatic carbocycles. The first kappa shape index (κ1) is 20.2. The van der Waals surface area contributed by atoms with Gasteiger partial charge in [-0.05, 0) is 49.2 Å². The Morgan fingerprint density at radius 2 is 2.04 bits per heavy atom. The van der Waals surface area contributed by atoms with E-state index in [9.17, 15) is 14.4 Å². The fourth-order valence-corrected chi connectivity index (χ4v) is 4.12. The summed E-state index contributed by atoms with van der Waals surface area (Å²) in [5.41, 5.74) is 3.15. The first-order chi connectivity index (χ1) is 13.3. The number of nitrogens with one attached hydrogen (secondary N) is 2. The molecule has 0 unspecified atom stereocenters. The largest absolute Gasteiger partial charge is 0.452 e. The molecule has 1 aliphatic rings. The molecular formula is C20H19ClN2O4S. The molecule has 8 heteroatoms. The average molecular weight is 419 g/mol. The maximum Gasteiger partial charge on any atom is 0.338 e. The molecule has 0 atom stereocenters. The SMILES string of the molecule is Cc1cc(C)c(NC(=O)COC(=O)c2ccc3c(c2)NC(=O)CCS3)c(Cl)c1. The van der Waals surface area contributed by atoms with Gasteiger partial charge in [-0.2, -0.15) is 0 Å². The van der Waals surface area contributed by atoms with Gasteiger partial charge in [-0.15, -0.1) is 11.8 Å². The van der Waals surface area contributed by atoms with Crippen molar-refractivity contribution in [2.45, 2.75) is 25.2 Å². The van der Waals surface area contributed by atoms with E-state index in [0.717, 1.165) is 16.0 Å². The first-order valence-electron chi connectivity index (χ1n) is 8.64. The van der Waals surface area contributed by atoms with Gasteiger partial charge in [-0.3, -0.25) is 9.59 Å². The second-order valence-corrected chi connectivity index (χ2v) is 7.96. The van der Waals surface area contributed by atoms with Crippen LogP contribution in [0.4, 0.5) is 11.4 Å². The van der Waals surface area contributed by atoms with Crippen molar-refractivity contribution in [2.24, 2.45) is 0 Å². The standard InChI is InChI=1S/C20H19ClN2O4S/c1-11-7-12(2)19(14(21)8-11)23-18(25)10-27-20(26)13-3-4-16-15(9-13)22-17(24)5-6-28-16/h3-4,7-9H,5-6,10H2,1-2H3,(H,22,24)(H,23,25). The van der Waals surface area contributed by atoms with Crippen molar-refractivity contribution >= 4 is 52.5 Å². The van der Waals surface area contributed by atoms with Crippen LogP contribution in [0, 0.1) is 13.8 Å². The number of thioether (sulfide) groups is 1. The number of ether oxygens (including phenoxy) is 1. The molecular weight excluding hydrogens is 400 g/mol. The van der Waals surface area contributed by atoms with Crippen molar-refractivity contribution in [2.75, 3.05) is 23.0 Å². The molecule has 0 saturated carbocycles. The van der Waals surface area contributed by atoms with Crippen LogP contribution in [0.15, 0.2) is 35.2 Å². The molecule has 0 bridgehead atoms. The Hall–Kier alpha value is -2.51. The normalized spacial score (nSPS) is 13.2. The average Bonchev–Trinajstić information content (AvgIpc) is 2.82. The number of hydrogen-bond donors (Lipinski definition) is 2. The molecule has 6 nitrogen and oxygen atoms in total. The molecule has 28 heavy (non-hydrogen) atoms. The number of carbonyl (C=O) groups excluding carboxylic acids is 3. The summed E-state index contributed by atoms with van der Waals surface area (Å²) in [4.78, 5) is 37.0. The van der Waals surface area contributed by atoms with E-state index >= 15 is 0 Å². The van der Waals surface area contributed by atoms with Crippen molar-refractivity contribution in [1.82, 2.24) is 0 Å². The van der Waals surface area contributed by atoms with E-state index in [1.54, 1.807) is 36.0 Å². The number of benzene rings is 2. The third-order valence-electron chi connectivity index (χ3n) is 4.11. The van der Waals surface area contributed by atoms with Crippen molar-refractivity contribution in [3.63, 3.8) is 0 Å². The van der Waals surface area contributed by atoms with E-state index in [1.165, 1.54) is 0 Å². The van der Waals surface area contributed by atoms with Gasteiger partial charge >= 0.3 is 5.97 Å². The number of anilines is 2. The number of rotatable bonds is 4. The zero-order valence-electron chi connectivity index (χ0n) is 15.4. The van der Waals surface area contributed by atoms with Gasteiger partial charge in [0.2, 0.25) is 5.91 Å². The lowest BCUT2D eigenvalue weighted by Crippen LogP contribution is -2.21. The van der Waals surface area contributed by atoms with Crippen LogP contribution < -0.4 is 10.6 Å². The highest BCUT2D eigenvalue weighted by molar-refractivity contribution is 7.99. The number of carbonyl (C=O) groups is 3. The summed E-state index contributed by atoms with van der Waals surface area (Å²) >= 11 is 7.72. The van der Waals surface area contributed by atoms with E-state index in [0.29, 0.717) is 28.6 Å². The highest BCUT2D eigenvalue weighted by Crippen LogP contribution is 2.31. The minimum absolute atomic E-state index is 0.0958. The van der Waals surface area contributed by atoms with Crippen LogP contribution in [0.3, 0.4) is 0 Å². The summed E-state index contributed by atoms with van der Waals surface area (Å²) in [6, 6.07) is 8.59. The topological polar surface area (TPSA) is 84.5 Å². The number of halogens is 1. The number of hydrogen-bond acceptors (Lipinski definition) is 5. The summed E-state index contributed by atoms with van der Waals surface area (Å²) in [5.74, 6) is -0.542. The number of amides is 2. The summed E-state index contributed by atoms with van der Waals surface area (Å²) in [5, 5.41) is 5.87. The second kappa shape index (κ2) is 8.67. The highest BCUT2D eigenvalue weighted by Gasteiger charge is 2.17. The molecule has 1 aliphatic heterocycles. The summed E-state index contributed by atoms with van der Waals surface area (Å²) in [7, 11) is 0. The fraction of sp³-hybridized carbons (Fsp3) is 0.250. The van der Waals surface area contributed by atoms with E-state index < -0.39 is 18.5 Å². The van der Waals surface area contributed by atoms with Gasteiger partial charge in [-0.1, -0.05) is 17.7 Å². The molecule has 0 aromatic heterocycles. The van der Waals surface area contributed by atoms with Crippen molar-refractivity contribution in [3.05, 3.63) is 52.0 Å². The van der Waals surface area contributed by atoms with Gasteiger partial charge in [0.15, 0.2) is 6.61 Å². The number of esters is 1.